The maximum atomic E-state index is 6.48. The van der Waals surface area contributed by atoms with Crippen LogP contribution >= 0.6 is 0 Å². The molecule has 0 bridgehead atoms. The van der Waals surface area contributed by atoms with E-state index in [1.807, 2.05) is 0 Å². The number of ether oxygens (including phenoxy) is 1. The smallest absolute Gasteiger partial charge is 0.216 e. The van der Waals surface area contributed by atoms with E-state index in [0.29, 0.717) is 5.88 Å². The Balaban J connectivity index is 2.62. The van der Waals surface area contributed by atoms with Gasteiger partial charge in [0.15, 0.2) is 6.40 Å². The van der Waals surface area contributed by atoms with Gasteiger partial charge in [-0.05, 0) is 0 Å². The number of hydrogen-bond acceptors (Lipinski definition) is 3. The van der Waals surface area contributed by atoms with Crippen LogP contribution in [0.3, 0.4) is 0 Å². The van der Waals surface area contributed by atoms with Gasteiger partial charge in [-0.15, -0.1) is 0 Å². The van der Waals surface area contributed by atoms with Crippen molar-refractivity contribution in [1.82, 2.24) is 10.2 Å². The van der Waals surface area contributed by atoms with Gasteiger partial charge in [0, 0.05) is 6.07 Å². The third-order valence-corrected chi connectivity index (χ3v) is 0.661. The molecule has 0 saturated heterocycles. The first-order valence-corrected chi connectivity index (χ1v) is 2.08. The average molecular weight is 111 g/mol. The second kappa shape index (κ2) is 2.11. The summed E-state index contributed by atoms with van der Waals surface area (Å²) < 4.78 is 4.57. The van der Waals surface area contributed by atoms with Crippen molar-refractivity contribution in [2.45, 2.75) is 0 Å². The van der Waals surface area contributed by atoms with Crippen LogP contribution in [0.2, 0.25) is 0 Å². The Morgan fingerprint density at radius 1 is 1.88 bits per heavy atom. The van der Waals surface area contributed by atoms with Gasteiger partial charge in [0.05, 0.1) is 6.20 Å². The van der Waals surface area contributed by atoms with Crippen LogP contribution in [0.1, 0.15) is 0 Å². The summed E-state index contributed by atoms with van der Waals surface area (Å²) in [7, 11) is 0. The highest BCUT2D eigenvalue weighted by atomic mass is 16.5. The fourth-order valence-corrected chi connectivity index (χ4v) is 0.372. The molecule has 0 atom stereocenters. The van der Waals surface area contributed by atoms with Gasteiger partial charge in [0.1, 0.15) is 0 Å². The average Bonchev–Trinajstić information content (AvgIpc) is 2.19. The predicted molar refractivity (Wildman–Crippen MR) is 28.0 cm³/mol. The molecule has 1 aromatic rings. The molecule has 0 unspecified atom stereocenters. The highest BCUT2D eigenvalue weighted by Gasteiger charge is 1.85. The normalized spacial score (nSPS) is 8.50. The zero-order chi connectivity index (χ0) is 5.82. The standard InChI is InChI=1S/C4H5N3O/c5-3-8-4-1-2-6-7-4/h1-3,5H,(H,6,7). The van der Waals surface area contributed by atoms with Crippen molar-refractivity contribution in [3.8, 4) is 5.88 Å². The topological polar surface area (TPSA) is 61.8 Å². The van der Waals surface area contributed by atoms with Gasteiger partial charge < -0.3 is 4.74 Å². The number of rotatable bonds is 2. The van der Waals surface area contributed by atoms with E-state index in [4.69, 9.17) is 5.41 Å². The molecule has 8 heavy (non-hydrogen) atoms. The fraction of sp³-hybridized carbons (Fsp3) is 0. The van der Waals surface area contributed by atoms with Crippen LogP contribution in [0.4, 0.5) is 0 Å². The minimum Gasteiger partial charge on any atom is -0.429 e. The number of aromatic nitrogens is 2. The lowest BCUT2D eigenvalue weighted by Gasteiger charge is -1.86. The Bertz CT molecular complexity index is 158. The van der Waals surface area contributed by atoms with Crippen LogP contribution in [0.25, 0.3) is 0 Å². The van der Waals surface area contributed by atoms with Crippen LogP contribution in [-0.2, 0) is 0 Å². The monoisotopic (exact) mass is 111 g/mol. The second-order valence-corrected chi connectivity index (χ2v) is 1.16. The van der Waals surface area contributed by atoms with E-state index in [-0.39, 0.29) is 0 Å². The highest BCUT2D eigenvalue weighted by molar-refractivity contribution is 5.45. The molecule has 0 radical (unpaired) electrons. The van der Waals surface area contributed by atoms with E-state index in [2.05, 4.69) is 14.9 Å². The second-order valence-electron chi connectivity index (χ2n) is 1.16. The molecule has 42 valence electrons. The van der Waals surface area contributed by atoms with E-state index in [0.717, 1.165) is 6.40 Å². The van der Waals surface area contributed by atoms with Gasteiger partial charge >= 0.3 is 0 Å². The molecule has 0 amide bonds. The summed E-state index contributed by atoms with van der Waals surface area (Å²) in [6.07, 6.45) is 2.40. The molecule has 1 heterocycles. The van der Waals surface area contributed by atoms with E-state index >= 15 is 0 Å². The third-order valence-electron chi connectivity index (χ3n) is 0.661. The summed E-state index contributed by atoms with van der Waals surface area (Å²) in [4.78, 5) is 0. The zero-order valence-corrected chi connectivity index (χ0v) is 4.09. The first-order chi connectivity index (χ1) is 3.93. The van der Waals surface area contributed by atoms with Gasteiger partial charge in [-0.1, -0.05) is 0 Å². The van der Waals surface area contributed by atoms with Gasteiger partial charge in [-0.3, -0.25) is 5.41 Å². The maximum Gasteiger partial charge on any atom is 0.216 e. The molecule has 0 aliphatic heterocycles. The summed E-state index contributed by atoms with van der Waals surface area (Å²) >= 11 is 0. The Kier molecular flexibility index (Phi) is 1.27. The summed E-state index contributed by atoms with van der Waals surface area (Å²) in [5.41, 5.74) is 0. The lowest BCUT2D eigenvalue weighted by Crippen LogP contribution is -1.86. The van der Waals surface area contributed by atoms with E-state index in [1.54, 1.807) is 12.3 Å². The van der Waals surface area contributed by atoms with Crippen LogP contribution in [0.15, 0.2) is 12.3 Å². The minimum atomic E-state index is 0.486. The highest BCUT2D eigenvalue weighted by Crippen LogP contribution is 1.98. The number of hydrogen-bond donors (Lipinski definition) is 2. The number of nitrogens with one attached hydrogen (secondary N) is 2. The van der Waals surface area contributed by atoms with Crippen molar-refractivity contribution in [1.29, 1.82) is 5.41 Å². The first-order valence-electron chi connectivity index (χ1n) is 2.08. The van der Waals surface area contributed by atoms with Crippen LogP contribution in [-0.4, -0.2) is 16.6 Å². The van der Waals surface area contributed by atoms with Crippen molar-refractivity contribution in [3.05, 3.63) is 12.3 Å². The van der Waals surface area contributed by atoms with Crippen LogP contribution in [0.5, 0.6) is 5.88 Å². The molecular formula is C4H5N3O. The minimum absolute atomic E-state index is 0.486. The molecule has 0 aliphatic carbocycles. The van der Waals surface area contributed by atoms with E-state index < -0.39 is 0 Å². The Labute approximate surface area is 46.0 Å². The van der Waals surface area contributed by atoms with Crippen molar-refractivity contribution < 1.29 is 4.74 Å². The van der Waals surface area contributed by atoms with Crippen LogP contribution < -0.4 is 4.74 Å². The number of nitrogens with zero attached hydrogens (tertiary/aromatic N) is 1. The molecule has 1 aromatic heterocycles. The molecule has 1 rings (SSSR count). The molecule has 0 fully saturated rings. The maximum absolute atomic E-state index is 6.48. The molecule has 2 N–H and O–H groups in total. The third kappa shape index (κ3) is 0.841. The summed E-state index contributed by atoms with van der Waals surface area (Å²) in [6, 6.07) is 1.63. The predicted octanol–water partition coefficient (Wildman–Crippen LogP) is 0.396. The van der Waals surface area contributed by atoms with Gasteiger partial charge in [-0.25, -0.2) is 5.10 Å². The zero-order valence-electron chi connectivity index (χ0n) is 4.09. The molecule has 4 nitrogen and oxygen atoms in total. The van der Waals surface area contributed by atoms with E-state index in [1.165, 1.54) is 0 Å². The summed E-state index contributed by atoms with van der Waals surface area (Å²) in [5.74, 6) is 0.486. The SMILES string of the molecule is N=COc1ccn[nH]1. The molecule has 4 heteroatoms. The largest absolute Gasteiger partial charge is 0.429 e. The summed E-state index contributed by atoms with van der Waals surface area (Å²) in [5, 5.41) is 12.6. The molecule has 0 saturated carbocycles. The molecular weight excluding hydrogens is 106 g/mol. The van der Waals surface area contributed by atoms with Crippen LogP contribution in [0, 0.1) is 5.41 Å². The Morgan fingerprint density at radius 2 is 2.75 bits per heavy atom. The van der Waals surface area contributed by atoms with Gasteiger partial charge in [0.2, 0.25) is 5.88 Å². The Hall–Kier alpha value is -1.32. The van der Waals surface area contributed by atoms with E-state index in [9.17, 15) is 0 Å². The lowest BCUT2D eigenvalue weighted by atomic mass is 10.7. The molecule has 0 spiro atoms. The lowest BCUT2D eigenvalue weighted by molar-refractivity contribution is 0.543. The van der Waals surface area contributed by atoms with Crippen molar-refractivity contribution >= 4 is 6.40 Å². The summed E-state index contributed by atoms with van der Waals surface area (Å²) in [6.45, 7) is 0. The fourth-order valence-electron chi connectivity index (χ4n) is 0.372. The molecule has 0 aromatic carbocycles. The number of aromatic amines is 1. The van der Waals surface area contributed by atoms with Crippen molar-refractivity contribution in [3.63, 3.8) is 0 Å². The van der Waals surface area contributed by atoms with Gasteiger partial charge in [-0.2, -0.15) is 5.10 Å². The van der Waals surface area contributed by atoms with Crippen molar-refractivity contribution in [2.24, 2.45) is 0 Å². The first kappa shape index (κ1) is 4.83. The molecule has 0 aliphatic rings. The Morgan fingerprint density at radius 3 is 3.25 bits per heavy atom. The number of H-pyrrole nitrogens is 1. The van der Waals surface area contributed by atoms with Gasteiger partial charge in [0.25, 0.3) is 0 Å². The van der Waals surface area contributed by atoms with Crippen molar-refractivity contribution in [2.75, 3.05) is 0 Å². The quantitative estimate of drug-likeness (QED) is 0.428.